The van der Waals surface area contributed by atoms with E-state index in [0.717, 1.165) is 25.7 Å². The number of aryl methyl sites for hydroxylation is 1. The first-order valence-electron chi connectivity index (χ1n) is 15.4. The molecule has 2 amide bonds. The standard InChI is InChI=1S/C30H50BN5O4S/c1-19(2)16-25(31-39-24-18-20-17-23(29(20,3)4)30(24,5)40-31)36-27(38)22(12-8-14-34-28(32)33-6)35-26(37)13-7-10-21-11-9-15-41-21/h9,11,15,19-20,22-25H,7-8,10,12-14,16-18H2,1-6H3,(H,35,37)(H,36,38)(H3,32,33,34)/t20-,22-,23-,24+,25-,30-/m0/s1. The maximum absolute atomic E-state index is 13.7. The molecule has 4 fully saturated rings. The van der Waals surface area contributed by atoms with Gasteiger partial charge in [0.15, 0.2) is 5.96 Å². The number of guanidine groups is 1. The summed E-state index contributed by atoms with van der Waals surface area (Å²) >= 11 is 1.70. The number of thiophene rings is 1. The van der Waals surface area contributed by atoms with Crippen molar-refractivity contribution in [2.45, 2.75) is 110 Å². The van der Waals surface area contributed by atoms with Gasteiger partial charge in [0.1, 0.15) is 6.04 Å². The molecule has 41 heavy (non-hydrogen) atoms. The van der Waals surface area contributed by atoms with Crippen LogP contribution in [0.5, 0.6) is 0 Å². The van der Waals surface area contributed by atoms with Crippen LogP contribution < -0.4 is 21.3 Å². The summed E-state index contributed by atoms with van der Waals surface area (Å²) in [5.41, 5.74) is -0.0979. The highest BCUT2D eigenvalue weighted by Gasteiger charge is 2.68. The van der Waals surface area contributed by atoms with Crippen LogP contribution in [0.2, 0.25) is 0 Å². The van der Waals surface area contributed by atoms with Crippen molar-refractivity contribution in [3.05, 3.63) is 22.4 Å². The van der Waals surface area contributed by atoms with Crippen molar-refractivity contribution in [2.24, 2.45) is 23.2 Å². The maximum atomic E-state index is 13.7. The Morgan fingerprint density at radius 3 is 2.63 bits per heavy atom. The minimum atomic E-state index is -0.671. The third-order valence-electron chi connectivity index (χ3n) is 9.63. The molecule has 0 aromatic carbocycles. The second kappa shape index (κ2) is 13.5. The van der Waals surface area contributed by atoms with Gasteiger partial charge in [0.05, 0.1) is 17.6 Å². The van der Waals surface area contributed by atoms with Crippen LogP contribution in [0.3, 0.4) is 0 Å². The quantitative estimate of drug-likeness (QED) is 0.0975. The van der Waals surface area contributed by atoms with E-state index in [1.807, 2.05) is 11.4 Å². The lowest BCUT2D eigenvalue weighted by atomic mass is 9.43. The van der Waals surface area contributed by atoms with Crippen LogP contribution in [0.15, 0.2) is 17.5 Å². The first-order chi connectivity index (χ1) is 19.4. The van der Waals surface area contributed by atoms with Crippen molar-refractivity contribution in [2.75, 3.05) is 13.6 Å². The molecule has 1 saturated heterocycles. The number of rotatable bonds is 14. The van der Waals surface area contributed by atoms with Gasteiger partial charge in [0.25, 0.3) is 0 Å². The minimum Gasteiger partial charge on any atom is -0.404 e. The van der Waals surface area contributed by atoms with Crippen molar-refractivity contribution in [1.82, 2.24) is 21.3 Å². The molecule has 0 unspecified atom stereocenters. The number of nitrogens with one attached hydrogen (secondary N) is 5. The molecule has 1 aromatic rings. The van der Waals surface area contributed by atoms with Gasteiger partial charge in [-0.1, -0.05) is 33.8 Å². The average Bonchev–Trinajstić information content (AvgIpc) is 3.56. The molecule has 0 spiro atoms. The van der Waals surface area contributed by atoms with E-state index in [9.17, 15) is 9.59 Å². The summed E-state index contributed by atoms with van der Waals surface area (Å²) in [6, 6.07) is 3.43. The van der Waals surface area contributed by atoms with Crippen LogP contribution in [-0.2, 0) is 25.3 Å². The van der Waals surface area contributed by atoms with Crippen LogP contribution in [0.4, 0.5) is 0 Å². The molecule has 2 bridgehead atoms. The lowest BCUT2D eigenvalue weighted by Crippen LogP contribution is -2.65. The predicted octanol–water partition coefficient (Wildman–Crippen LogP) is 3.88. The zero-order valence-electron chi connectivity index (χ0n) is 25.7. The fourth-order valence-electron chi connectivity index (χ4n) is 7.12. The number of amides is 2. The van der Waals surface area contributed by atoms with Gasteiger partial charge < -0.3 is 30.6 Å². The van der Waals surface area contributed by atoms with Crippen molar-refractivity contribution < 1.29 is 18.9 Å². The average molecular weight is 588 g/mol. The molecule has 6 atom stereocenters. The van der Waals surface area contributed by atoms with E-state index >= 15 is 0 Å². The zero-order valence-corrected chi connectivity index (χ0v) is 26.5. The fraction of sp³-hybridized carbons (Fsp3) is 0.767. The predicted molar refractivity (Wildman–Crippen MR) is 165 cm³/mol. The van der Waals surface area contributed by atoms with Gasteiger partial charge in [-0.15, -0.1) is 11.3 Å². The van der Waals surface area contributed by atoms with Gasteiger partial charge in [0, 0.05) is 24.9 Å². The second-order valence-electron chi connectivity index (χ2n) is 13.3. The van der Waals surface area contributed by atoms with Crippen LogP contribution in [-0.4, -0.2) is 62.2 Å². The van der Waals surface area contributed by atoms with Gasteiger partial charge in [-0.2, -0.15) is 0 Å². The second-order valence-corrected chi connectivity index (χ2v) is 14.4. The van der Waals surface area contributed by atoms with Crippen LogP contribution >= 0.6 is 11.3 Å². The van der Waals surface area contributed by atoms with Crippen LogP contribution in [0.25, 0.3) is 0 Å². The van der Waals surface area contributed by atoms with E-state index in [4.69, 9.17) is 14.7 Å². The van der Waals surface area contributed by atoms with Crippen molar-refractivity contribution in [3.8, 4) is 0 Å². The molecule has 3 aliphatic carbocycles. The van der Waals surface area contributed by atoms with E-state index in [2.05, 4.69) is 62.0 Å². The molecule has 3 saturated carbocycles. The molecule has 1 aromatic heterocycles. The van der Waals surface area contributed by atoms with Gasteiger partial charge in [-0.3, -0.25) is 15.0 Å². The Labute approximate surface area is 250 Å². The topological polar surface area (TPSA) is 125 Å². The van der Waals surface area contributed by atoms with Crippen molar-refractivity contribution >= 4 is 36.2 Å². The first kappa shape index (κ1) is 31.8. The van der Waals surface area contributed by atoms with Gasteiger partial charge in [0.2, 0.25) is 11.8 Å². The van der Waals surface area contributed by atoms with Crippen LogP contribution in [0, 0.1) is 28.6 Å². The van der Waals surface area contributed by atoms with Gasteiger partial charge >= 0.3 is 7.12 Å². The molecule has 5 rings (SSSR count). The molecule has 228 valence electrons. The molecule has 9 nitrogen and oxygen atoms in total. The molecule has 5 N–H and O–H groups in total. The van der Waals surface area contributed by atoms with E-state index < -0.39 is 13.2 Å². The van der Waals surface area contributed by atoms with E-state index in [1.165, 1.54) is 11.3 Å². The normalized spacial score (nSPS) is 27.4. The molecule has 0 radical (unpaired) electrons. The molecule has 4 aliphatic rings. The molecular weight excluding hydrogens is 537 g/mol. The van der Waals surface area contributed by atoms with Gasteiger partial charge in [-0.05, 0) is 86.5 Å². The summed E-state index contributed by atoms with van der Waals surface area (Å²) in [6.07, 6.45) is 5.99. The molecular formula is C30H50BN5O4S. The smallest absolute Gasteiger partial charge is 0.404 e. The van der Waals surface area contributed by atoms with Crippen LogP contribution in [0.1, 0.15) is 84.4 Å². The van der Waals surface area contributed by atoms with Crippen molar-refractivity contribution in [3.63, 3.8) is 0 Å². The Bertz CT molecular complexity index is 1050. The largest absolute Gasteiger partial charge is 0.481 e. The molecule has 11 heteroatoms. The lowest BCUT2D eigenvalue weighted by Gasteiger charge is -2.64. The Balaban J connectivity index is 1.39. The summed E-state index contributed by atoms with van der Waals surface area (Å²) in [4.78, 5) is 27.9. The third-order valence-corrected chi connectivity index (χ3v) is 10.6. The molecule has 2 heterocycles. The Kier molecular flexibility index (Phi) is 10.5. The Morgan fingerprint density at radius 2 is 1.98 bits per heavy atom. The highest BCUT2D eigenvalue weighted by molar-refractivity contribution is 7.09. The number of hydrogen-bond acceptors (Lipinski definition) is 6. The summed E-state index contributed by atoms with van der Waals surface area (Å²) in [6.45, 7) is 11.7. The van der Waals surface area contributed by atoms with E-state index in [-0.39, 0.29) is 40.8 Å². The summed E-state index contributed by atoms with van der Waals surface area (Å²) in [7, 11) is 1.18. The van der Waals surface area contributed by atoms with Crippen molar-refractivity contribution in [1.29, 1.82) is 5.41 Å². The monoisotopic (exact) mass is 587 g/mol. The summed E-state index contributed by atoms with van der Waals surface area (Å²) in [5.74, 6) is 1.03. The highest BCUT2D eigenvalue weighted by Crippen LogP contribution is 2.65. The molecule has 1 aliphatic heterocycles. The SMILES string of the molecule is CNC(=N)NCCC[C@H](NC(=O)CCCc1cccs1)C(=O)N[C@@H](CC(C)C)B1O[C@@H]2C[C@@H]3C[C@@H](C3(C)C)[C@]2(C)O1. The number of hydrogen-bond donors (Lipinski definition) is 5. The summed E-state index contributed by atoms with van der Waals surface area (Å²) < 4.78 is 13.3. The zero-order chi connectivity index (χ0) is 29.8. The third kappa shape index (κ3) is 7.46. The maximum Gasteiger partial charge on any atom is 0.481 e. The number of carbonyl (C=O) groups excluding carboxylic acids is 2. The fourth-order valence-corrected chi connectivity index (χ4v) is 7.87. The highest BCUT2D eigenvalue weighted by atomic mass is 32.1. The lowest BCUT2D eigenvalue weighted by molar-refractivity contribution is -0.199. The number of carbonyl (C=O) groups is 2. The summed E-state index contributed by atoms with van der Waals surface area (Å²) in [5, 5.41) is 21.7. The Morgan fingerprint density at radius 1 is 1.20 bits per heavy atom. The van der Waals surface area contributed by atoms with Gasteiger partial charge in [-0.25, -0.2) is 0 Å². The first-order valence-corrected chi connectivity index (χ1v) is 16.3. The Hall–Kier alpha value is -2.11. The minimum absolute atomic E-state index is 0.0447. The van der Waals surface area contributed by atoms with E-state index in [0.29, 0.717) is 43.6 Å². The van der Waals surface area contributed by atoms with E-state index in [1.54, 1.807) is 18.4 Å².